The van der Waals surface area contributed by atoms with Crippen molar-refractivity contribution < 1.29 is 22.7 Å². The van der Waals surface area contributed by atoms with Crippen molar-refractivity contribution in [3.8, 4) is 0 Å². The summed E-state index contributed by atoms with van der Waals surface area (Å²) in [5.74, 6) is -0.609. The van der Waals surface area contributed by atoms with Crippen LogP contribution in [-0.4, -0.2) is 5.97 Å². The molecule has 2 aromatic carbocycles. The number of hydrogen-bond donors (Lipinski definition) is 0. The molecule has 0 aliphatic carbocycles. The van der Waals surface area contributed by atoms with E-state index in [2.05, 4.69) is 0 Å². The lowest BCUT2D eigenvalue weighted by Crippen LogP contribution is -2.13. The molecule has 0 radical (unpaired) electrons. The van der Waals surface area contributed by atoms with Gasteiger partial charge in [-0.25, -0.2) is 0 Å². The van der Waals surface area contributed by atoms with Crippen LogP contribution >= 0.6 is 11.6 Å². The van der Waals surface area contributed by atoms with E-state index in [4.69, 9.17) is 16.3 Å². The van der Waals surface area contributed by atoms with Crippen molar-refractivity contribution in [2.45, 2.75) is 19.2 Å². The molecular formula is C16H12ClF3O2. The predicted molar refractivity (Wildman–Crippen MR) is 76.5 cm³/mol. The second-order valence-electron chi connectivity index (χ2n) is 4.63. The number of ether oxygens (including phenoxy) is 1. The molecule has 0 aliphatic heterocycles. The monoisotopic (exact) mass is 328 g/mol. The first-order valence-electron chi connectivity index (χ1n) is 6.38. The third kappa shape index (κ3) is 3.80. The molecule has 0 saturated carbocycles. The molecule has 0 amide bonds. The van der Waals surface area contributed by atoms with Gasteiger partial charge in [-0.2, -0.15) is 13.2 Å². The number of benzene rings is 2. The van der Waals surface area contributed by atoms with Gasteiger partial charge in [-0.15, -0.1) is 0 Å². The number of carbonyl (C=O) groups excluding carboxylic acids is 1. The Morgan fingerprint density at radius 3 is 2.32 bits per heavy atom. The summed E-state index contributed by atoms with van der Waals surface area (Å²) < 4.78 is 43.8. The van der Waals surface area contributed by atoms with Gasteiger partial charge < -0.3 is 4.74 Å². The largest absolute Gasteiger partial charge is 0.453 e. The van der Waals surface area contributed by atoms with Crippen molar-refractivity contribution >= 4 is 17.6 Å². The first-order chi connectivity index (χ1) is 10.3. The highest BCUT2D eigenvalue weighted by Crippen LogP contribution is 2.37. The standard InChI is InChI=1S/C16H12ClF3O2/c1-10(21)22-15(11-5-3-2-4-6-11)13-9-12(16(18,19)20)7-8-14(13)17/h2-9,15H,1H3. The number of halogens is 4. The van der Waals surface area contributed by atoms with Crippen molar-refractivity contribution in [1.29, 1.82) is 0 Å². The second-order valence-corrected chi connectivity index (χ2v) is 5.04. The smallest absolute Gasteiger partial charge is 0.416 e. The molecule has 0 bridgehead atoms. The van der Waals surface area contributed by atoms with Crippen molar-refractivity contribution in [3.05, 3.63) is 70.2 Å². The van der Waals surface area contributed by atoms with E-state index in [-0.39, 0.29) is 10.6 Å². The van der Waals surface area contributed by atoms with Crippen LogP contribution in [0.1, 0.15) is 29.7 Å². The molecule has 0 saturated heterocycles. The van der Waals surface area contributed by atoms with E-state index in [0.29, 0.717) is 5.56 Å². The molecular weight excluding hydrogens is 317 g/mol. The van der Waals surface area contributed by atoms with Crippen LogP contribution in [0.25, 0.3) is 0 Å². The van der Waals surface area contributed by atoms with E-state index in [0.717, 1.165) is 18.2 Å². The summed E-state index contributed by atoms with van der Waals surface area (Å²) >= 11 is 6.02. The van der Waals surface area contributed by atoms with Crippen LogP contribution in [0.15, 0.2) is 48.5 Å². The normalized spacial score (nSPS) is 12.8. The number of rotatable bonds is 3. The zero-order chi connectivity index (χ0) is 16.3. The van der Waals surface area contributed by atoms with Crippen LogP contribution in [0, 0.1) is 0 Å². The first-order valence-corrected chi connectivity index (χ1v) is 6.75. The fourth-order valence-corrected chi connectivity index (χ4v) is 2.24. The quantitative estimate of drug-likeness (QED) is 0.740. The molecule has 6 heteroatoms. The van der Waals surface area contributed by atoms with Crippen LogP contribution in [0.4, 0.5) is 13.2 Å². The minimum absolute atomic E-state index is 0.0953. The molecule has 116 valence electrons. The molecule has 1 unspecified atom stereocenters. The van der Waals surface area contributed by atoms with Crippen LogP contribution in [-0.2, 0) is 15.7 Å². The minimum atomic E-state index is -4.50. The van der Waals surface area contributed by atoms with Gasteiger partial charge >= 0.3 is 12.1 Å². The SMILES string of the molecule is CC(=O)OC(c1ccccc1)c1cc(C(F)(F)F)ccc1Cl. The van der Waals surface area contributed by atoms with E-state index < -0.39 is 23.8 Å². The molecule has 1 atom stereocenters. The molecule has 0 spiro atoms. The van der Waals surface area contributed by atoms with Crippen LogP contribution in [0.2, 0.25) is 5.02 Å². The van der Waals surface area contributed by atoms with Crippen molar-refractivity contribution in [1.82, 2.24) is 0 Å². The van der Waals surface area contributed by atoms with Crippen molar-refractivity contribution in [2.75, 3.05) is 0 Å². The molecule has 0 aromatic heterocycles. The van der Waals surface area contributed by atoms with Gasteiger partial charge in [-0.3, -0.25) is 4.79 Å². The van der Waals surface area contributed by atoms with Gasteiger partial charge in [0.2, 0.25) is 0 Å². The fraction of sp³-hybridized carbons (Fsp3) is 0.188. The second kappa shape index (κ2) is 6.40. The van der Waals surface area contributed by atoms with Crippen LogP contribution < -0.4 is 0 Å². The Bertz CT molecular complexity index is 669. The van der Waals surface area contributed by atoms with Gasteiger partial charge in [0, 0.05) is 17.5 Å². The third-order valence-corrected chi connectivity index (χ3v) is 3.34. The van der Waals surface area contributed by atoms with Gasteiger partial charge in [0.15, 0.2) is 6.10 Å². The molecule has 0 N–H and O–H groups in total. The summed E-state index contributed by atoms with van der Waals surface area (Å²) in [6.45, 7) is 1.19. The third-order valence-electron chi connectivity index (χ3n) is 2.99. The topological polar surface area (TPSA) is 26.3 Å². The Balaban J connectivity index is 2.54. The Labute approximate surface area is 130 Å². The van der Waals surface area contributed by atoms with Crippen molar-refractivity contribution in [2.24, 2.45) is 0 Å². The van der Waals surface area contributed by atoms with E-state index in [1.807, 2.05) is 0 Å². The van der Waals surface area contributed by atoms with Crippen molar-refractivity contribution in [3.63, 3.8) is 0 Å². The van der Waals surface area contributed by atoms with E-state index in [9.17, 15) is 18.0 Å². The fourth-order valence-electron chi connectivity index (χ4n) is 2.03. The van der Waals surface area contributed by atoms with E-state index in [1.165, 1.54) is 6.92 Å². The van der Waals surface area contributed by atoms with E-state index in [1.54, 1.807) is 30.3 Å². The maximum atomic E-state index is 12.9. The number of hydrogen-bond acceptors (Lipinski definition) is 2. The molecule has 2 nitrogen and oxygen atoms in total. The average molecular weight is 329 g/mol. The summed E-state index contributed by atoms with van der Waals surface area (Å²) in [7, 11) is 0. The average Bonchev–Trinajstić information content (AvgIpc) is 2.45. The summed E-state index contributed by atoms with van der Waals surface area (Å²) in [6.07, 6.45) is -5.50. The molecule has 2 rings (SSSR count). The highest BCUT2D eigenvalue weighted by Gasteiger charge is 2.32. The summed E-state index contributed by atoms with van der Waals surface area (Å²) in [4.78, 5) is 11.3. The molecule has 0 heterocycles. The Morgan fingerprint density at radius 2 is 1.77 bits per heavy atom. The number of carbonyl (C=O) groups is 1. The van der Waals surface area contributed by atoms with Gasteiger partial charge in [-0.1, -0.05) is 41.9 Å². The Hall–Kier alpha value is -2.01. The highest BCUT2D eigenvalue weighted by molar-refractivity contribution is 6.31. The Morgan fingerprint density at radius 1 is 1.14 bits per heavy atom. The maximum absolute atomic E-state index is 12.9. The van der Waals surface area contributed by atoms with Gasteiger partial charge in [0.1, 0.15) is 0 Å². The maximum Gasteiger partial charge on any atom is 0.416 e. The lowest BCUT2D eigenvalue weighted by molar-refractivity contribution is -0.144. The van der Waals surface area contributed by atoms with Crippen LogP contribution in [0.5, 0.6) is 0 Å². The summed E-state index contributed by atoms with van der Waals surface area (Å²) in [5.41, 5.74) is -0.211. The number of esters is 1. The zero-order valence-electron chi connectivity index (χ0n) is 11.5. The minimum Gasteiger partial charge on any atom is -0.453 e. The molecule has 22 heavy (non-hydrogen) atoms. The zero-order valence-corrected chi connectivity index (χ0v) is 12.3. The van der Waals surface area contributed by atoms with Gasteiger partial charge in [0.05, 0.1) is 5.56 Å². The van der Waals surface area contributed by atoms with E-state index >= 15 is 0 Å². The lowest BCUT2D eigenvalue weighted by atomic mass is 9.99. The Kier molecular flexibility index (Phi) is 4.76. The lowest BCUT2D eigenvalue weighted by Gasteiger charge is -2.20. The highest BCUT2D eigenvalue weighted by atomic mass is 35.5. The molecule has 2 aromatic rings. The van der Waals surface area contributed by atoms with Gasteiger partial charge in [-0.05, 0) is 23.8 Å². The first kappa shape index (κ1) is 16.4. The predicted octanol–water partition coefficient (Wildman–Crippen LogP) is 5.01. The summed E-state index contributed by atoms with van der Waals surface area (Å²) in [6, 6.07) is 11.4. The number of alkyl halides is 3. The molecule has 0 fully saturated rings. The van der Waals surface area contributed by atoms with Gasteiger partial charge in [0.25, 0.3) is 0 Å². The summed E-state index contributed by atoms with van der Waals surface area (Å²) in [5, 5.41) is 0.100. The molecule has 0 aliphatic rings. The van der Waals surface area contributed by atoms with Crippen LogP contribution in [0.3, 0.4) is 0 Å².